The minimum absolute atomic E-state index is 0.0954. The Labute approximate surface area is 287 Å². The smallest absolute Gasteiger partial charge is 0.228 e. The number of phenolic OH excluding ortho intramolecular Hbond substituents is 4. The molecule has 3 aliphatic rings. The van der Waals surface area contributed by atoms with Crippen molar-refractivity contribution in [2.45, 2.75) is 69.2 Å². The molecule has 0 unspecified atom stereocenters. The van der Waals surface area contributed by atoms with E-state index in [0.717, 1.165) is 19.1 Å². The van der Waals surface area contributed by atoms with Crippen LogP contribution in [0.2, 0.25) is 0 Å². The van der Waals surface area contributed by atoms with Crippen LogP contribution >= 0.6 is 0 Å². The summed E-state index contributed by atoms with van der Waals surface area (Å²) in [6.07, 6.45) is -15.5. The first kappa shape index (κ1) is 36.1. The van der Waals surface area contributed by atoms with Gasteiger partial charge >= 0.3 is 0 Å². The molecular weight excluding hydrogens is 680 g/mol. The van der Waals surface area contributed by atoms with Gasteiger partial charge in [0, 0.05) is 22.8 Å². The van der Waals surface area contributed by atoms with Crippen LogP contribution in [0.5, 0.6) is 28.7 Å². The first-order valence-corrected chi connectivity index (χ1v) is 15.6. The van der Waals surface area contributed by atoms with Crippen LogP contribution in [0.1, 0.15) is 54.7 Å². The summed E-state index contributed by atoms with van der Waals surface area (Å²) in [5.41, 5.74) is -2.69. The summed E-state index contributed by atoms with van der Waals surface area (Å²) in [4.78, 5) is 40.3. The number of aliphatic hydroxyl groups excluding tert-OH is 6. The number of hydrogen-bond donors (Lipinski definition) is 10. The average Bonchev–Trinajstić information content (AvgIpc) is 3.07. The minimum Gasteiger partial charge on any atom is -0.507 e. The standard InChI is InChI=1S/C34H34O17/c1-10-6-14(38)23-24(25(41)12-4-3-5-13(37)21(12)28(23)44)19(10)22-15(39)7-17(20(11(2)36)27(22)43)49-33-31(47)32(16(40)9-48-33)51-34-30(46)29(45)26(42)18(8-35)50-34/h3-7,16,18,26,29-35,37-40,42-43,45-47H,8-9H2,1-2H3/t16-,18-,26-,29+,30-,31+,32+,33+,34+/m1/s1. The van der Waals surface area contributed by atoms with Gasteiger partial charge < -0.3 is 70.0 Å². The van der Waals surface area contributed by atoms with Crippen LogP contribution in [-0.4, -0.2) is 137 Å². The summed E-state index contributed by atoms with van der Waals surface area (Å²) in [6, 6.07) is 5.77. The number of phenols is 4. The van der Waals surface area contributed by atoms with Crippen molar-refractivity contribution in [3.8, 4) is 39.9 Å². The van der Waals surface area contributed by atoms with Gasteiger partial charge in [0.1, 0.15) is 77.0 Å². The van der Waals surface area contributed by atoms with E-state index in [1.165, 1.54) is 25.1 Å². The van der Waals surface area contributed by atoms with Gasteiger partial charge in [-0.3, -0.25) is 14.4 Å². The number of benzene rings is 3. The number of Topliss-reactive ketones (excluding diaryl/α,β-unsaturated/α-hetero) is 1. The molecular formula is C34H34O17. The molecule has 0 radical (unpaired) electrons. The summed E-state index contributed by atoms with van der Waals surface area (Å²) in [5, 5.41) is 106. The van der Waals surface area contributed by atoms with Gasteiger partial charge in [0.25, 0.3) is 0 Å². The molecule has 3 aromatic carbocycles. The Kier molecular flexibility index (Phi) is 9.53. The van der Waals surface area contributed by atoms with E-state index in [9.17, 15) is 65.4 Å². The molecule has 6 rings (SSSR count). The number of carbonyl (C=O) groups excluding carboxylic acids is 3. The molecule has 2 saturated heterocycles. The number of fused-ring (bicyclic) bond motifs is 2. The van der Waals surface area contributed by atoms with Gasteiger partial charge in [-0.1, -0.05) is 12.1 Å². The van der Waals surface area contributed by atoms with Crippen LogP contribution in [0, 0.1) is 6.92 Å². The molecule has 2 heterocycles. The molecule has 3 aromatic rings. The molecule has 1 aliphatic carbocycles. The van der Waals surface area contributed by atoms with Gasteiger partial charge in [0.2, 0.25) is 12.1 Å². The van der Waals surface area contributed by atoms with E-state index in [0.29, 0.717) is 0 Å². The second-order valence-electron chi connectivity index (χ2n) is 12.4. The largest absolute Gasteiger partial charge is 0.507 e. The lowest BCUT2D eigenvalue weighted by Crippen LogP contribution is -2.63. The Hall–Kier alpha value is -4.69. The molecule has 0 bridgehead atoms. The Bertz CT molecular complexity index is 1920. The van der Waals surface area contributed by atoms with E-state index in [-0.39, 0.29) is 22.3 Å². The summed E-state index contributed by atoms with van der Waals surface area (Å²) in [6.45, 7) is 1.10. The SMILES string of the molecule is CC(=O)c1c(O[C@@H]2OC[C@@H](O)[C@H](O[C@@H]3O[C@H](CO)[C@@H](O)[C@H](O)[C@H]3O)[C@@H]2O)cc(O)c(-c2c(C)cc(O)c3c2C(=O)c2cccc(O)c2C3=O)c1O. The lowest BCUT2D eigenvalue weighted by atomic mass is 9.77. The van der Waals surface area contributed by atoms with Crippen molar-refractivity contribution in [3.63, 3.8) is 0 Å². The van der Waals surface area contributed by atoms with Crippen LogP contribution in [0.25, 0.3) is 11.1 Å². The molecule has 9 atom stereocenters. The quantitative estimate of drug-likeness (QED) is 0.104. The number of ketones is 3. The lowest BCUT2D eigenvalue weighted by Gasteiger charge is -2.44. The van der Waals surface area contributed by atoms with Gasteiger partial charge in [-0.05, 0) is 31.5 Å². The zero-order chi connectivity index (χ0) is 37.2. The fraction of sp³-hybridized carbons (Fsp3) is 0.382. The third kappa shape index (κ3) is 5.87. The Morgan fingerprint density at radius 3 is 2.16 bits per heavy atom. The zero-order valence-corrected chi connectivity index (χ0v) is 26.8. The second-order valence-corrected chi connectivity index (χ2v) is 12.4. The number of hydrogen-bond acceptors (Lipinski definition) is 17. The Morgan fingerprint density at radius 1 is 0.804 bits per heavy atom. The number of carbonyl (C=O) groups is 3. The van der Waals surface area contributed by atoms with Gasteiger partial charge in [0.15, 0.2) is 17.9 Å². The number of aryl methyl sites for hydroxylation is 1. The van der Waals surface area contributed by atoms with Crippen LogP contribution in [0.15, 0.2) is 30.3 Å². The van der Waals surface area contributed by atoms with Crippen LogP contribution in [0.4, 0.5) is 0 Å². The summed E-state index contributed by atoms with van der Waals surface area (Å²) in [5.74, 6) is -5.97. The van der Waals surface area contributed by atoms with Crippen molar-refractivity contribution < 1.29 is 84.4 Å². The second kappa shape index (κ2) is 13.5. The van der Waals surface area contributed by atoms with Crippen molar-refractivity contribution >= 4 is 17.3 Å². The molecule has 0 saturated carbocycles. The van der Waals surface area contributed by atoms with Crippen LogP contribution in [0.3, 0.4) is 0 Å². The molecule has 2 aliphatic heterocycles. The number of ether oxygens (including phenoxy) is 4. The molecule has 272 valence electrons. The number of aliphatic hydroxyl groups is 6. The highest BCUT2D eigenvalue weighted by Crippen LogP contribution is 2.51. The van der Waals surface area contributed by atoms with E-state index in [4.69, 9.17) is 18.9 Å². The maximum absolute atomic E-state index is 13.8. The highest BCUT2D eigenvalue weighted by Gasteiger charge is 2.49. The first-order chi connectivity index (χ1) is 24.1. The highest BCUT2D eigenvalue weighted by molar-refractivity contribution is 6.32. The predicted molar refractivity (Wildman–Crippen MR) is 168 cm³/mol. The van der Waals surface area contributed by atoms with Gasteiger partial charge in [-0.15, -0.1) is 0 Å². The van der Waals surface area contributed by atoms with Crippen molar-refractivity contribution in [1.29, 1.82) is 0 Å². The van der Waals surface area contributed by atoms with Gasteiger partial charge in [-0.25, -0.2) is 0 Å². The lowest BCUT2D eigenvalue weighted by molar-refractivity contribution is -0.343. The Morgan fingerprint density at radius 2 is 1.49 bits per heavy atom. The fourth-order valence-electron chi connectivity index (χ4n) is 6.62. The van der Waals surface area contributed by atoms with Crippen molar-refractivity contribution in [3.05, 3.63) is 63.7 Å². The molecule has 10 N–H and O–H groups in total. The molecule has 17 nitrogen and oxygen atoms in total. The predicted octanol–water partition coefficient (Wildman–Crippen LogP) is -0.896. The minimum atomic E-state index is -1.93. The summed E-state index contributed by atoms with van der Waals surface area (Å²) in [7, 11) is 0. The summed E-state index contributed by atoms with van der Waals surface area (Å²) >= 11 is 0. The highest BCUT2D eigenvalue weighted by atomic mass is 16.7. The third-order valence-electron chi connectivity index (χ3n) is 9.13. The van der Waals surface area contributed by atoms with E-state index < -0.39 is 137 Å². The monoisotopic (exact) mass is 714 g/mol. The van der Waals surface area contributed by atoms with Gasteiger partial charge in [-0.2, -0.15) is 0 Å². The maximum Gasteiger partial charge on any atom is 0.228 e. The average molecular weight is 715 g/mol. The Balaban J connectivity index is 1.38. The molecule has 17 heteroatoms. The van der Waals surface area contributed by atoms with Crippen molar-refractivity contribution in [2.24, 2.45) is 0 Å². The molecule has 51 heavy (non-hydrogen) atoms. The molecule has 2 fully saturated rings. The number of aromatic hydroxyl groups is 4. The maximum atomic E-state index is 13.8. The normalized spacial score (nSPS) is 29.0. The van der Waals surface area contributed by atoms with Crippen molar-refractivity contribution in [2.75, 3.05) is 13.2 Å². The first-order valence-electron chi connectivity index (χ1n) is 15.6. The molecule has 0 spiro atoms. The van der Waals surface area contributed by atoms with E-state index in [1.54, 1.807) is 0 Å². The van der Waals surface area contributed by atoms with E-state index >= 15 is 0 Å². The molecule has 0 amide bonds. The van der Waals surface area contributed by atoms with Gasteiger partial charge in [0.05, 0.1) is 29.9 Å². The number of rotatable bonds is 7. The van der Waals surface area contributed by atoms with Crippen molar-refractivity contribution in [1.82, 2.24) is 0 Å². The fourth-order valence-corrected chi connectivity index (χ4v) is 6.62. The van der Waals surface area contributed by atoms with E-state index in [2.05, 4.69) is 0 Å². The van der Waals surface area contributed by atoms with E-state index in [1.807, 2.05) is 0 Å². The molecule has 0 aromatic heterocycles. The van der Waals surface area contributed by atoms with Crippen LogP contribution < -0.4 is 4.74 Å². The third-order valence-corrected chi connectivity index (χ3v) is 9.13. The summed E-state index contributed by atoms with van der Waals surface area (Å²) < 4.78 is 22.0. The van der Waals surface area contributed by atoms with Crippen LogP contribution in [-0.2, 0) is 14.2 Å². The zero-order valence-electron chi connectivity index (χ0n) is 26.8. The topological polar surface area (TPSA) is 290 Å².